The Labute approximate surface area is 238 Å². The van der Waals surface area contributed by atoms with Crippen LogP contribution in [0.25, 0.3) is 0 Å². The van der Waals surface area contributed by atoms with Crippen molar-refractivity contribution in [2.45, 2.75) is 130 Å². The van der Waals surface area contributed by atoms with E-state index in [-0.39, 0.29) is 24.1 Å². The number of carboxylic acids is 3. The zero-order valence-corrected chi connectivity index (χ0v) is 25.5. The van der Waals surface area contributed by atoms with E-state index in [0.717, 1.165) is 38.5 Å². The predicted octanol–water partition coefficient (Wildman–Crippen LogP) is 6.45. The molecule has 3 atom stereocenters. The summed E-state index contributed by atoms with van der Waals surface area (Å²) in [6, 6.07) is 0. The topological polar surface area (TPSA) is 115 Å². The van der Waals surface area contributed by atoms with Crippen molar-refractivity contribution in [3.63, 3.8) is 0 Å². The van der Waals surface area contributed by atoms with Crippen LogP contribution >= 0.6 is 0 Å². The number of rotatable bonds is 27. The Hall–Kier alpha value is -1.89. The molecule has 3 unspecified atom stereocenters. The number of hydrogen-bond donors (Lipinski definition) is 2. The van der Waals surface area contributed by atoms with Crippen molar-refractivity contribution in [3.05, 3.63) is 12.2 Å². The van der Waals surface area contributed by atoms with E-state index in [4.69, 9.17) is 0 Å². The molecule has 0 saturated heterocycles. The number of hydrogen-bond acceptors (Lipinski definition) is 4. The monoisotopic (exact) mass is 553 g/mol. The summed E-state index contributed by atoms with van der Waals surface area (Å²) in [5, 5.41) is 30.5. The molecule has 0 aromatic rings. The van der Waals surface area contributed by atoms with Gasteiger partial charge in [0.15, 0.2) is 0 Å². The number of nitrogens with zero attached hydrogens (tertiary/aromatic N) is 1. The van der Waals surface area contributed by atoms with E-state index in [2.05, 4.69) is 19.1 Å². The number of carboxylic acid groups (broad SMARTS) is 3. The number of aliphatic carboxylic acids is 3. The van der Waals surface area contributed by atoms with Crippen molar-refractivity contribution in [2.75, 3.05) is 26.2 Å². The molecule has 0 fully saturated rings. The molecule has 0 spiro atoms. The first-order valence-electron chi connectivity index (χ1n) is 15.7. The summed E-state index contributed by atoms with van der Waals surface area (Å²) in [4.78, 5) is 34.7. The summed E-state index contributed by atoms with van der Waals surface area (Å²) in [7, 11) is 0. The fourth-order valence-corrected chi connectivity index (χ4v) is 5.52. The molecule has 0 rings (SSSR count). The molecule has 0 aromatic carbocycles. The minimum atomic E-state index is -1.19. The largest absolute Gasteiger partial charge is 0.550 e. The molecule has 0 saturated carbocycles. The van der Waals surface area contributed by atoms with E-state index in [0.29, 0.717) is 6.54 Å². The van der Waals surface area contributed by atoms with E-state index < -0.39 is 35.7 Å². The first-order valence-corrected chi connectivity index (χ1v) is 15.7. The number of carbonyl (C=O) groups is 3. The van der Waals surface area contributed by atoms with Gasteiger partial charge < -0.3 is 24.6 Å². The van der Waals surface area contributed by atoms with Crippen LogP contribution in [0.1, 0.15) is 130 Å². The summed E-state index contributed by atoms with van der Waals surface area (Å²) in [6.07, 6.45) is 24.2. The van der Waals surface area contributed by atoms with Crippen LogP contribution < -0.4 is 5.11 Å². The van der Waals surface area contributed by atoms with E-state index in [9.17, 15) is 29.7 Å². The number of allylic oxidation sites excluding steroid dienone is 2. The maximum atomic E-state index is 11.6. The zero-order valence-electron chi connectivity index (χ0n) is 25.5. The van der Waals surface area contributed by atoms with Crippen molar-refractivity contribution in [3.8, 4) is 0 Å². The first-order chi connectivity index (χ1) is 18.5. The van der Waals surface area contributed by atoms with Crippen molar-refractivity contribution in [2.24, 2.45) is 17.8 Å². The molecule has 0 amide bonds. The Kier molecular flexibility index (Phi) is 21.8. The van der Waals surface area contributed by atoms with Gasteiger partial charge in [-0.25, -0.2) is 0 Å². The van der Waals surface area contributed by atoms with Gasteiger partial charge in [-0.2, -0.15) is 0 Å². The molecule has 39 heavy (non-hydrogen) atoms. The Bertz CT molecular complexity index is 637. The Morgan fingerprint density at radius 3 is 1.36 bits per heavy atom. The lowest BCUT2D eigenvalue weighted by Gasteiger charge is -2.43. The molecule has 2 N–H and O–H groups in total. The highest BCUT2D eigenvalue weighted by Crippen LogP contribution is 2.22. The van der Waals surface area contributed by atoms with Gasteiger partial charge >= 0.3 is 11.9 Å². The van der Waals surface area contributed by atoms with Gasteiger partial charge in [0.25, 0.3) is 0 Å². The maximum absolute atomic E-state index is 11.6. The lowest BCUT2D eigenvalue weighted by atomic mass is 10.0. The van der Waals surface area contributed by atoms with Crippen LogP contribution in [-0.4, -0.2) is 58.8 Å². The van der Waals surface area contributed by atoms with Gasteiger partial charge in [0.2, 0.25) is 0 Å². The van der Waals surface area contributed by atoms with E-state index in [1.54, 1.807) is 20.8 Å². The average molecular weight is 554 g/mol. The van der Waals surface area contributed by atoms with Gasteiger partial charge in [-0.1, -0.05) is 90.2 Å². The summed E-state index contributed by atoms with van der Waals surface area (Å²) < 4.78 is 0.178. The van der Waals surface area contributed by atoms with Crippen LogP contribution in [0, 0.1) is 17.8 Å². The summed E-state index contributed by atoms with van der Waals surface area (Å²) >= 11 is 0. The standard InChI is InChI=1S/C32H59NO6/c1-5-6-7-8-9-10-11-12-13-14-15-16-17-18-19-20-21-22-23-33(24-27(2)30(34)35,25-28(3)31(36)37)26-29(4)32(38)39/h15-16,27-29H,5-14,17-26H2,1-4H3,(H2-,34,35,36,37,38,39)/b16-15+. The SMILES string of the molecule is CCCCCCCCCCC/C=C/CCCCCCC[N+](CC(C)C(=O)[O-])(CC(C)C(=O)O)CC(C)C(=O)O. The molecule has 0 bridgehead atoms. The van der Waals surface area contributed by atoms with E-state index in [1.807, 2.05) is 0 Å². The molecule has 0 aromatic heterocycles. The van der Waals surface area contributed by atoms with Crippen molar-refractivity contribution in [1.29, 1.82) is 0 Å². The molecule has 228 valence electrons. The third-order valence-electron chi connectivity index (χ3n) is 7.87. The lowest BCUT2D eigenvalue weighted by Crippen LogP contribution is -2.58. The van der Waals surface area contributed by atoms with Gasteiger partial charge in [0, 0.05) is 11.9 Å². The van der Waals surface area contributed by atoms with Crippen LogP contribution in [0.4, 0.5) is 0 Å². The summed E-state index contributed by atoms with van der Waals surface area (Å²) in [5.41, 5.74) is 0. The average Bonchev–Trinajstić information content (AvgIpc) is 2.87. The highest BCUT2D eigenvalue weighted by atomic mass is 16.4. The fourth-order valence-electron chi connectivity index (χ4n) is 5.52. The van der Waals surface area contributed by atoms with Crippen LogP contribution in [-0.2, 0) is 14.4 Å². The van der Waals surface area contributed by atoms with Crippen LogP contribution in [0.15, 0.2) is 12.2 Å². The fraction of sp³-hybridized carbons (Fsp3) is 0.844. The first kappa shape index (κ1) is 37.1. The second kappa shape index (κ2) is 22.9. The minimum Gasteiger partial charge on any atom is -0.550 e. The maximum Gasteiger partial charge on any atom is 0.311 e. The molecule has 7 heteroatoms. The molecule has 0 aliphatic heterocycles. The number of unbranched alkanes of at least 4 members (excludes halogenated alkanes) is 14. The summed E-state index contributed by atoms with van der Waals surface area (Å²) in [6.45, 7) is 8.21. The molecule has 7 nitrogen and oxygen atoms in total. The van der Waals surface area contributed by atoms with Gasteiger partial charge in [-0.3, -0.25) is 9.59 Å². The Morgan fingerprint density at radius 2 is 0.974 bits per heavy atom. The second-order valence-electron chi connectivity index (χ2n) is 12.0. The summed E-state index contributed by atoms with van der Waals surface area (Å²) in [5.74, 6) is -5.26. The zero-order chi connectivity index (χ0) is 29.5. The molecule has 0 heterocycles. The third-order valence-corrected chi connectivity index (χ3v) is 7.87. The Morgan fingerprint density at radius 1 is 0.615 bits per heavy atom. The molecule has 0 radical (unpaired) electrons. The molecular formula is C32H59NO6. The third kappa shape index (κ3) is 19.8. The lowest BCUT2D eigenvalue weighted by molar-refractivity contribution is -0.934. The molecule has 0 aliphatic rings. The highest BCUT2D eigenvalue weighted by molar-refractivity contribution is 5.70. The van der Waals surface area contributed by atoms with E-state index >= 15 is 0 Å². The van der Waals surface area contributed by atoms with Crippen molar-refractivity contribution >= 4 is 17.9 Å². The van der Waals surface area contributed by atoms with Crippen LogP contribution in [0.2, 0.25) is 0 Å². The van der Waals surface area contributed by atoms with Crippen LogP contribution in [0.3, 0.4) is 0 Å². The van der Waals surface area contributed by atoms with Crippen LogP contribution in [0.5, 0.6) is 0 Å². The number of quaternary nitrogens is 1. The quantitative estimate of drug-likeness (QED) is 0.0686. The smallest absolute Gasteiger partial charge is 0.311 e. The normalized spacial score (nSPS) is 15.6. The molecule has 0 aliphatic carbocycles. The van der Waals surface area contributed by atoms with Crippen molar-refractivity contribution in [1.82, 2.24) is 0 Å². The highest BCUT2D eigenvalue weighted by Gasteiger charge is 2.36. The number of carbonyl (C=O) groups excluding carboxylic acids is 1. The van der Waals surface area contributed by atoms with Gasteiger partial charge in [0.05, 0.1) is 26.2 Å². The van der Waals surface area contributed by atoms with Gasteiger partial charge in [-0.05, 0) is 52.4 Å². The Balaban J connectivity index is 4.41. The second-order valence-corrected chi connectivity index (χ2v) is 12.0. The van der Waals surface area contributed by atoms with E-state index in [1.165, 1.54) is 64.2 Å². The molecular weight excluding hydrogens is 494 g/mol. The minimum absolute atomic E-state index is 0.178. The van der Waals surface area contributed by atoms with Gasteiger partial charge in [-0.15, -0.1) is 0 Å². The van der Waals surface area contributed by atoms with Gasteiger partial charge in [0.1, 0.15) is 11.8 Å². The van der Waals surface area contributed by atoms with Crippen molar-refractivity contribution < 1.29 is 34.2 Å². The predicted molar refractivity (Wildman–Crippen MR) is 156 cm³/mol.